The topological polar surface area (TPSA) is 0 Å². The van der Waals surface area contributed by atoms with E-state index in [9.17, 15) is 0 Å². The van der Waals surface area contributed by atoms with Gasteiger partial charge in [-0.1, -0.05) is 70.0 Å². The van der Waals surface area contributed by atoms with E-state index in [1.165, 1.54) is 32.8 Å². The minimum Gasteiger partial charge on any atom is -0.298 e. The van der Waals surface area contributed by atoms with Crippen LogP contribution in [0.2, 0.25) is 0 Å². The van der Waals surface area contributed by atoms with Crippen molar-refractivity contribution in [2.75, 3.05) is 0 Å². The number of rotatable bonds is 2. The first-order valence-corrected chi connectivity index (χ1v) is 15.9. The summed E-state index contributed by atoms with van der Waals surface area (Å²) in [5.74, 6) is 0. The summed E-state index contributed by atoms with van der Waals surface area (Å²) >= 11 is 13.7. The van der Waals surface area contributed by atoms with Crippen molar-refractivity contribution >= 4 is 67.1 Å². The number of hydrogen-bond acceptors (Lipinski definition) is 3. The van der Waals surface area contributed by atoms with Crippen molar-refractivity contribution in [2.45, 2.75) is 32.7 Å². The van der Waals surface area contributed by atoms with Gasteiger partial charge in [0.15, 0.2) is 0 Å². The van der Waals surface area contributed by atoms with Gasteiger partial charge < -0.3 is 0 Å². The minimum absolute atomic E-state index is 0. The van der Waals surface area contributed by atoms with E-state index in [2.05, 4.69) is 83.9 Å². The van der Waals surface area contributed by atoms with Crippen molar-refractivity contribution in [2.24, 2.45) is 0 Å². The maximum atomic E-state index is 3.86. The molecule has 184 valence electrons. The molecular weight excluding hydrogens is 708 g/mol. The van der Waals surface area contributed by atoms with Crippen LogP contribution in [0, 0.1) is 24.3 Å². The van der Waals surface area contributed by atoms with Crippen LogP contribution in [-0.4, -0.2) is 18.8 Å². The molecule has 0 aromatic heterocycles. The molecule has 2 saturated heterocycles. The van der Waals surface area contributed by atoms with Gasteiger partial charge in [0.25, 0.3) is 0 Å². The Bertz CT molecular complexity index is 1040. The van der Waals surface area contributed by atoms with Crippen LogP contribution in [0.15, 0.2) is 107 Å². The second kappa shape index (κ2) is 14.2. The Morgan fingerprint density at radius 2 is 1.06 bits per heavy atom. The van der Waals surface area contributed by atoms with Crippen LogP contribution >= 0.6 is 67.1 Å². The van der Waals surface area contributed by atoms with E-state index in [1.54, 1.807) is 0 Å². The second-order valence-electron chi connectivity index (χ2n) is 8.57. The van der Waals surface area contributed by atoms with Gasteiger partial charge in [0.2, 0.25) is 0 Å². The van der Waals surface area contributed by atoms with Gasteiger partial charge in [0, 0.05) is 18.8 Å². The van der Waals surface area contributed by atoms with Crippen LogP contribution in [0.25, 0.3) is 0 Å². The largest absolute Gasteiger partial charge is 4.00 e. The molecule has 6 rings (SSSR count). The third-order valence-corrected chi connectivity index (χ3v) is 12.4. The van der Waals surface area contributed by atoms with Gasteiger partial charge in [-0.3, -0.25) is 11.8 Å². The van der Waals surface area contributed by atoms with E-state index in [-0.39, 0.29) is 26.2 Å². The molecular formula is C30H28Br2S3Zr. The third-order valence-electron chi connectivity index (χ3n) is 5.63. The Morgan fingerprint density at radius 3 is 1.36 bits per heavy atom. The number of fused-ring (bicyclic) bond motifs is 2. The molecule has 2 heterocycles. The SMILES string of the molecule is CC1=CC2SC(Br)[C-](S[C-]3C4=CC(C)=CC4SC3Br)C2=C1.[CH2-]c1ccccc1.[CH2-]c1ccccc1.[Zr+4]. The van der Waals surface area contributed by atoms with Crippen LogP contribution in [0.1, 0.15) is 25.0 Å². The molecule has 2 aromatic carbocycles. The quantitative estimate of drug-likeness (QED) is 0.223. The van der Waals surface area contributed by atoms with Crippen molar-refractivity contribution in [3.05, 3.63) is 143 Å². The zero-order valence-corrected chi connectivity index (χ0v) is 28.4. The van der Waals surface area contributed by atoms with Crippen molar-refractivity contribution in [3.8, 4) is 0 Å². The molecule has 36 heavy (non-hydrogen) atoms. The smallest absolute Gasteiger partial charge is 0.298 e. The standard InChI is InChI=1S/C16H14Br2S3.2C7H7.Zr/c1-7-3-9-11(5-7)19-15(17)13(9)21-14-10-4-8(2)6-12(10)20-16(14)18;2*1-7-5-3-2-4-6-7;/h3-6,11-12,15-16H,1-2H3;2*2-6H,1H2;/q-2;2*-1;+4. The summed E-state index contributed by atoms with van der Waals surface area (Å²) in [6, 6.07) is 19.7. The van der Waals surface area contributed by atoms with Crippen molar-refractivity contribution in [1.82, 2.24) is 0 Å². The fourth-order valence-corrected chi connectivity index (χ4v) is 10.6. The van der Waals surface area contributed by atoms with E-state index >= 15 is 0 Å². The third kappa shape index (κ3) is 7.90. The Hall–Kier alpha value is -0.227. The first-order valence-electron chi connectivity index (χ1n) is 11.4. The summed E-state index contributed by atoms with van der Waals surface area (Å²) in [6.07, 6.45) is 9.48. The number of thioether (sulfide) groups is 3. The van der Waals surface area contributed by atoms with Gasteiger partial charge in [-0.2, -0.15) is 83.9 Å². The Kier molecular flexibility index (Phi) is 12.0. The molecule has 2 aliphatic heterocycles. The molecule has 0 saturated carbocycles. The maximum absolute atomic E-state index is 3.86. The molecule has 2 aliphatic carbocycles. The molecule has 2 aromatic rings. The predicted octanol–water partition coefficient (Wildman–Crippen LogP) is 9.96. The number of hydrogen-bond donors (Lipinski definition) is 0. The average Bonchev–Trinajstić information content (AvgIpc) is 3.51. The molecule has 4 atom stereocenters. The summed E-state index contributed by atoms with van der Waals surface area (Å²) in [5, 5.41) is 4.08. The van der Waals surface area contributed by atoms with E-state index < -0.39 is 0 Å². The Morgan fingerprint density at radius 1 is 0.694 bits per heavy atom. The van der Waals surface area contributed by atoms with Gasteiger partial charge >= 0.3 is 26.2 Å². The second-order valence-corrected chi connectivity index (χ2v) is 15.2. The molecule has 2 fully saturated rings. The predicted molar refractivity (Wildman–Crippen MR) is 168 cm³/mol. The van der Waals surface area contributed by atoms with E-state index in [1.807, 2.05) is 95.9 Å². The number of allylic oxidation sites excluding steroid dienone is 4. The summed E-state index contributed by atoms with van der Waals surface area (Å²) in [5.41, 5.74) is 7.96. The molecule has 0 amide bonds. The van der Waals surface area contributed by atoms with Gasteiger partial charge in [-0.25, -0.2) is 12.2 Å². The fraction of sp³-hybridized carbons (Fsp3) is 0.200. The molecule has 0 spiro atoms. The first kappa shape index (κ1) is 30.3. The average molecular weight is 736 g/mol. The van der Waals surface area contributed by atoms with Crippen molar-refractivity contribution in [3.63, 3.8) is 0 Å². The molecule has 0 bridgehead atoms. The first-order chi connectivity index (χ1) is 16.8. The normalized spacial score (nSPS) is 25.1. The zero-order valence-electron chi connectivity index (χ0n) is 20.3. The van der Waals surface area contributed by atoms with Crippen LogP contribution < -0.4 is 0 Å². The number of alkyl halides is 2. The monoisotopic (exact) mass is 732 g/mol. The van der Waals surface area contributed by atoms with Crippen molar-refractivity contribution < 1.29 is 26.2 Å². The molecule has 0 nitrogen and oxygen atoms in total. The van der Waals surface area contributed by atoms with Gasteiger partial charge in [-0.05, 0) is 0 Å². The summed E-state index contributed by atoms with van der Waals surface area (Å²) in [6.45, 7) is 11.8. The van der Waals surface area contributed by atoms with Gasteiger partial charge in [0.05, 0.1) is 0 Å². The van der Waals surface area contributed by atoms with E-state index in [4.69, 9.17) is 0 Å². The van der Waals surface area contributed by atoms with Crippen molar-refractivity contribution in [1.29, 1.82) is 0 Å². The fourth-order valence-electron chi connectivity index (χ4n) is 3.98. The number of benzene rings is 2. The minimum atomic E-state index is 0. The van der Waals surface area contributed by atoms with Gasteiger partial charge in [0.1, 0.15) is 0 Å². The molecule has 4 unspecified atom stereocenters. The Balaban J connectivity index is 0.000000198. The molecule has 4 aliphatic rings. The van der Waals surface area contributed by atoms with E-state index in [0.717, 1.165) is 11.1 Å². The van der Waals surface area contributed by atoms with Crippen LogP contribution in [0.3, 0.4) is 0 Å². The van der Waals surface area contributed by atoms with Gasteiger partial charge in [-0.15, -0.1) is 45.9 Å². The summed E-state index contributed by atoms with van der Waals surface area (Å²) in [7, 11) is 0. The summed E-state index contributed by atoms with van der Waals surface area (Å²) in [4.78, 5) is 0. The maximum Gasteiger partial charge on any atom is 4.00 e. The number of halogens is 2. The zero-order chi connectivity index (χ0) is 24.9. The van der Waals surface area contributed by atoms with Crippen LogP contribution in [0.5, 0.6) is 0 Å². The summed E-state index contributed by atoms with van der Waals surface area (Å²) < 4.78 is 0.853. The molecule has 0 N–H and O–H groups in total. The Labute approximate surface area is 266 Å². The van der Waals surface area contributed by atoms with Crippen LogP contribution in [0.4, 0.5) is 0 Å². The molecule has 6 heteroatoms. The van der Waals surface area contributed by atoms with Crippen LogP contribution in [-0.2, 0) is 26.2 Å². The van der Waals surface area contributed by atoms with E-state index in [0.29, 0.717) is 18.8 Å². The molecule has 0 radical (unpaired) electrons.